The Morgan fingerprint density at radius 1 is 1.43 bits per heavy atom. The average Bonchev–Trinajstić information content (AvgIpc) is 2.85. The molecule has 0 radical (unpaired) electrons. The molecule has 23 heavy (non-hydrogen) atoms. The zero-order valence-electron chi connectivity index (χ0n) is 12.6. The summed E-state index contributed by atoms with van der Waals surface area (Å²) in [5.74, 6) is -0.442. The van der Waals surface area contributed by atoms with Crippen molar-refractivity contribution in [2.24, 2.45) is 0 Å². The number of nitrogen functional groups attached to an aromatic ring is 1. The van der Waals surface area contributed by atoms with Gasteiger partial charge >= 0.3 is 6.18 Å². The number of nitrogens with one attached hydrogen (secondary N) is 1. The summed E-state index contributed by atoms with van der Waals surface area (Å²) in [7, 11) is 0. The number of halogens is 3. The Morgan fingerprint density at radius 3 is 2.74 bits per heavy atom. The highest BCUT2D eigenvalue weighted by Crippen LogP contribution is 2.34. The Hall–Kier alpha value is -2.25. The van der Waals surface area contributed by atoms with E-state index in [0.717, 1.165) is 6.07 Å². The molecule has 0 aromatic heterocycles. The molecule has 2 amide bonds. The van der Waals surface area contributed by atoms with Gasteiger partial charge in [-0.3, -0.25) is 9.59 Å². The number of amides is 2. The standard InChI is InChI=1S/C15H18F3N3O2/c1-2-21-12(5-6-13(21)22)14(23)20-8-9-3-4-11(19)10(7-9)15(16,17)18/h3-4,7,12H,2,5-6,8,19H2,1H3,(H,20,23). The number of carbonyl (C=O) groups is 2. The lowest BCUT2D eigenvalue weighted by Crippen LogP contribution is -2.44. The molecule has 3 N–H and O–H groups in total. The second-order valence-electron chi connectivity index (χ2n) is 5.37. The van der Waals surface area contributed by atoms with E-state index in [9.17, 15) is 22.8 Å². The van der Waals surface area contributed by atoms with E-state index in [0.29, 0.717) is 24.9 Å². The molecular weight excluding hydrogens is 311 g/mol. The number of rotatable bonds is 4. The van der Waals surface area contributed by atoms with E-state index in [-0.39, 0.29) is 24.0 Å². The Balaban J connectivity index is 2.04. The summed E-state index contributed by atoms with van der Waals surface area (Å²) in [5.41, 5.74) is 4.35. The summed E-state index contributed by atoms with van der Waals surface area (Å²) in [6.45, 7) is 2.15. The van der Waals surface area contributed by atoms with Crippen LogP contribution in [0.15, 0.2) is 18.2 Å². The quantitative estimate of drug-likeness (QED) is 0.829. The van der Waals surface area contributed by atoms with E-state index in [2.05, 4.69) is 5.32 Å². The molecule has 0 bridgehead atoms. The van der Waals surface area contributed by atoms with Gasteiger partial charge in [0.15, 0.2) is 0 Å². The van der Waals surface area contributed by atoms with E-state index in [1.807, 2.05) is 0 Å². The maximum atomic E-state index is 12.8. The van der Waals surface area contributed by atoms with Crippen LogP contribution in [0.3, 0.4) is 0 Å². The minimum absolute atomic E-state index is 0.0512. The fraction of sp³-hybridized carbons (Fsp3) is 0.467. The van der Waals surface area contributed by atoms with Gasteiger partial charge in [-0.2, -0.15) is 13.2 Å². The van der Waals surface area contributed by atoms with Gasteiger partial charge in [0.25, 0.3) is 0 Å². The van der Waals surface area contributed by atoms with Crippen LogP contribution in [-0.2, 0) is 22.3 Å². The third-order valence-electron chi connectivity index (χ3n) is 3.86. The first-order valence-corrected chi connectivity index (χ1v) is 7.26. The third kappa shape index (κ3) is 3.75. The van der Waals surface area contributed by atoms with Crippen molar-refractivity contribution in [3.05, 3.63) is 29.3 Å². The summed E-state index contributed by atoms with van der Waals surface area (Å²) < 4.78 is 38.4. The molecule has 8 heteroatoms. The van der Waals surface area contributed by atoms with Crippen LogP contribution in [0.1, 0.15) is 30.9 Å². The Morgan fingerprint density at radius 2 is 2.13 bits per heavy atom. The van der Waals surface area contributed by atoms with Crippen molar-refractivity contribution >= 4 is 17.5 Å². The van der Waals surface area contributed by atoms with Crippen LogP contribution in [0.2, 0.25) is 0 Å². The first-order valence-electron chi connectivity index (χ1n) is 7.26. The maximum absolute atomic E-state index is 12.8. The summed E-state index contributed by atoms with van der Waals surface area (Å²) in [4.78, 5) is 25.2. The lowest BCUT2D eigenvalue weighted by atomic mass is 10.1. The van der Waals surface area contributed by atoms with Crippen molar-refractivity contribution in [3.8, 4) is 0 Å². The Bertz CT molecular complexity index is 616. The number of hydrogen-bond donors (Lipinski definition) is 2. The molecule has 1 heterocycles. The predicted octanol–water partition coefficient (Wildman–Crippen LogP) is 1.91. The minimum Gasteiger partial charge on any atom is -0.398 e. The lowest BCUT2D eigenvalue weighted by molar-refractivity contribution is -0.137. The molecule has 1 aromatic carbocycles. The van der Waals surface area contributed by atoms with Crippen molar-refractivity contribution in [1.82, 2.24) is 10.2 Å². The van der Waals surface area contributed by atoms with E-state index in [1.54, 1.807) is 6.92 Å². The molecule has 1 aliphatic heterocycles. The lowest BCUT2D eigenvalue weighted by Gasteiger charge is -2.22. The summed E-state index contributed by atoms with van der Waals surface area (Å²) in [6.07, 6.45) is -3.80. The van der Waals surface area contributed by atoms with Crippen LogP contribution in [0.4, 0.5) is 18.9 Å². The van der Waals surface area contributed by atoms with Crippen molar-refractivity contribution in [3.63, 3.8) is 0 Å². The number of likely N-dealkylation sites (tertiary alicyclic amines) is 1. The molecule has 0 saturated carbocycles. The minimum atomic E-state index is -4.54. The fourth-order valence-corrected chi connectivity index (χ4v) is 2.67. The van der Waals surface area contributed by atoms with Crippen molar-refractivity contribution in [2.45, 2.75) is 38.5 Å². The average molecular weight is 329 g/mol. The zero-order chi connectivity index (χ0) is 17.2. The number of nitrogens with two attached hydrogens (primary N) is 1. The molecule has 1 aromatic rings. The number of anilines is 1. The second kappa shape index (κ2) is 6.47. The number of alkyl halides is 3. The second-order valence-corrected chi connectivity index (χ2v) is 5.37. The molecule has 126 valence electrons. The van der Waals surface area contributed by atoms with Gasteiger partial charge in [-0.25, -0.2) is 0 Å². The molecule has 2 rings (SSSR count). The van der Waals surface area contributed by atoms with Gasteiger partial charge in [-0.15, -0.1) is 0 Å². The van der Waals surface area contributed by atoms with Crippen LogP contribution in [0.5, 0.6) is 0 Å². The molecule has 5 nitrogen and oxygen atoms in total. The van der Waals surface area contributed by atoms with Crippen LogP contribution >= 0.6 is 0 Å². The normalized spacial score (nSPS) is 18.3. The molecule has 1 saturated heterocycles. The third-order valence-corrected chi connectivity index (χ3v) is 3.86. The number of nitrogens with zero attached hydrogens (tertiary/aromatic N) is 1. The Labute approximate surface area is 131 Å². The molecule has 0 aliphatic carbocycles. The first kappa shape index (κ1) is 17.1. The van der Waals surface area contributed by atoms with E-state index < -0.39 is 17.8 Å². The first-order chi connectivity index (χ1) is 10.7. The monoisotopic (exact) mass is 329 g/mol. The van der Waals surface area contributed by atoms with Gasteiger partial charge in [0.1, 0.15) is 6.04 Å². The number of hydrogen-bond acceptors (Lipinski definition) is 3. The van der Waals surface area contributed by atoms with Gasteiger partial charge in [0.05, 0.1) is 5.56 Å². The van der Waals surface area contributed by atoms with E-state index in [4.69, 9.17) is 5.73 Å². The van der Waals surface area contributed by atoms with Gasteiger partial charge in [0.2, 0.25) is 11.8 Å². The van der Waals surface area contributed by atoms with E-state index in [1.165, 1.54) is 17.0 Å². The van der Waals surface area contributed by atoms with Crippen molar-refractivity contribution in [1.29, 1.82) is 0 Å². The van der Waals surface area contributed by atoms with Gasteiger partial charge in [-0.05, 0) is 31.0 Å². The summed E-state index contributed by atoms with van der Waals surface area (Å²) in [5, 5.41) is 2.58. The summed E-state index contributed by atoms with van der Waals surface area (Å²) >= 11 is 0. The largest absolute Gasteiger partial charge is 0.418 e. The van der Waals surface area contributed by atoms with Crippen LogP contribution in [0.25, 0.3) is 0 Å². The Kier molecular flexibility index (Phi) is 4.82. The van der Waals surface area contributed by atoms with E-state index >= 15 is 0 Å². The number of likely N-dealkylation sites (N-methyl/N-ethyl adjacent to an activating group) is 1. The maximum Gasteiger partial charge on any atom is 0.418 e. The highest BCUT2D eigenvalue weighted by atomic mass is 19.4. The fourth-order valence-electron chi connectivity index (χ4n) is 2.67. The number of carbonyl (C=O) groups excluding carboxylic acids is 2. The highest BCUT2D eigenvalue weighted by Gasteiger charge is 2.35. The van der Waals surface area contributed by atoms with Crippen molar-refractivity contribution in [2.75, 3.05) is 12.3 Å². The van der Waals surface area contributed by atoms with Gasteiger partial charge in [-0.1, -0.05) is 6.07 Å². The topological polar surface area (TPSA) is 75.4 Å². The molecule has 1 aliphatic rings. The predicted molar refractivity (Wildman–Crippen MR) is 78.1 cm³/mol. The van der Waals surface area contributed by atoms with Crippen LogP contribution in [-0.4, -0.2) is 29.3 Å². The molecular formula is C15H18F3N3O2. The summed E-state index contributed by atoms with van der Waals surface area (Å²) in [6, 6.07) is 2.97. The molecule has 1 atom stereocenters. The van der Waals surface area contributed by atoms with Gasteiger partial charge in [0, 0.05) is 25.2 Å². The highest BCUT2D eigenvalue weighted by molar-refractivity contribution is 5.90. The van der Waals surface area contributed by atoms with Crippen LogP contribution < -0.4 is 11.1 Å². The van der Waals surface area contributed by atoms with Crippen LogP contribution in [0, 0.1) is 0 Å². The molecule has 1 unspecified atom stereocenters. The number of benzene rings is 1. The molecule has 0 spiro atoms. The zero-order valence-corrected chi connectivity index (χ0v) is 12.6. The molecule has 1 fully saturated rings. The SMILES string of the molecule is CCN1C(=O)CCC1C(=O)NCc1ccc(N)c(C(F)(F)F)c1. The van der Waals surface area contributed by atoms with Gasteiger partial charge < -0.3 is 16.0 Å². The van der Waals surface area contributed by atoms with Crippen molar-refractivity contribution < 1.29 is 22.8 Å². The smallest absolute Gasteiger partial charge is 0.398 e.